The van der Waals surface area contributed by atoms with E-state index in [1.54, 1.807) is 19.2 Å². The number of sulfonamides is 1. The maximum atomic E-state index is 13.2. The number of aryl methyl sites for hydroxylation is 2. The van der Waals surface area contributed by atoms with Crippen molar-refractivity contribution in [2.75, 3.05) is 38.3 Å². The summed E-state index contributed by atoms with van der Waals surface area (Å²) in [6.07, 6.45) is 0.571. The van der Waals surface area contributed by atoms with Crippen molar-refractivity contribution in [3.63, 3.8) is 0 Å². The number of ether oxygens (including phenoxy) is 1. The molecule has 0 spiro atoms. The lowest BCUT2D eigenvalue weighted by molar-refractivity contribution is 0.0730. The fourth-order valence-electron chi connectivity index (χ4n) is 3.23. The molecule has 3 rings (SSSR count). The summed E-state index contributed by atoms with van der Waals surface area (Å²) in [6, 6.07) is 12.6. The summed E-state index contributed by atoms with van der Waals surface area (Å²) in [5.74, 6) is -0.245. The van der Waals surface area contributed by atoms with E-state index < -0.39 is 10.0 Å². The summed E-state index contributed by atoms with van der Waals surface area (Å²) >= 11 is 0. The van der Waals surface area contributed by atoms with Crippen molar-refractivity contribution in [3.05, 3.63) is 59.2 Å². The highest BCUT2D eigenvalue weighted by Crippen LogP contribution is 2.25. The van der Waals surface area contributed by atoms with Crippen LogP contribution in [0.4, 0.5) is 5.69 Å². The first-order valence-electron chi connectivity index (χ1n) is 9.40. The molecule has 2 aromatic carbocycles. The van der Waals surface area contributed by atoms with Gasteiger partial charge < -0.3 is 9.64 Å². The van der Waals surface area contributed by atoms with E-state index in [-0.39, 0.29) is 10.8 Å². The molecule has 0 bridgehead atoms. The molecule has 150 valence electrons. The summed E-state index contributed by atoms with van der Waals surface area (Å²) in [5.41, 5.74) is 2.93. The van der Waals surface area contributed by atoms with E-state index >= 15 is 0 Å². The molecule has 0 atom stereocenters. The van der Waals surface area contributed by atoms with Crippen molar-refractivity contribution >= 4 is 21.6 Å². The number of hydrogen-bond acceptors (Lipinski definition) is 4. The molecular weight excluding hydrogens is 376 g/mol. The summed E-state index contributed by atoms with van der Waals surface area (Å²) in [7, 11) is -1.98. The predicted octanol–water partition coefficient (Wildman–Crippen LogP) is 2.85. The van der Waals surface area contributed by atoms with Gasteiger partial charge in [-0.2, -0.15) is 4.31 Å². The summed E-state index contributed by atoms with van der Waals surface area (Å²) < 4.78 is 33.0. The second-order valence-corrected chi connectivity index (χ2v) is 8.80. The maximum absolute atomic E-state index is 13.2. The molecule has 1 fully saturated rings. The van der Waals surface area contributed by atoms with Crippen LogP contribution in [0.3, 0.4) is 0 Å². The standard InChI is InChI=1S/C21H26N2O4S/c1-4-17-7-8-18(21(24)22(3)19-9-5-16(2)6-10-19)15-20(17)28(25,26)23-11-13-27-14-12-23/h5-10,15H,4,11-14H2,1-3H3. The van der Waals surface area contributed by atoms with Gasteiger partial charge in [-0.3, -0.25) is 4.79 Å². The molecule has 0 aliphatic carbocycles. The zero-order valence-corrected chi connectivity index (χ0v) is 17.3. The number of benzene rings is 2. The van der Waals surface area contributed by atoms with Crippen LogP contribution >= 0.6 is 0 Å². The van der Waals surface area contributed by atoms with Gasteiger partial charge >= 0.3 is 0 Å². The monoisotopic (exact) mass is 402 g/mol. The van der Waals surface area contributed by atoms with Crippen LogP contribution in [0.2, 0.25) is 0 Å². The summed E-state index contributed by atoms with van der Waals surface area (Å²) in [6.45, 7) is 5.32. The molecule has 6 nitrogen and oxygen atoms in total. The van der Waals surface area contributed by atoms with Gasteiger partial charge in [0.2, 0.25) is 10.0 Å². The molecule has 1 heterocycles. The number of carbonyl (C=O) groups is 1. The van der Waals surface area contributed by atoms with Crippen LogP contribution in [-0.2, 0) is 21.2 Å². The smallest absolute Gasteiger partial charge is 0.258 e. The number of amides is 1. The maximum Gasteiger partial charge on any atom is 0.258 e. The van der Waals surface area contributed by atoms with Gasteiger partial charge in [0.25, 0.3) is 5.91 Å². The van der Waals surface area contributed by atoms with Gasteiger partial charge in [0.15, 0.2) is 0 Å². The van der Waals surface area contributed by atoms with Crippen LogP contribution in [0.1, 0.15) is 28.4 Å². The Bertz CT molecular complexity index is 949. The average Bonchev–Trinajstić information content (AvgIpc) is 2.73. The van der Waals surface area contributed by atoms with Gasteiger partial charge in [-0.1, -0.05) is 30.7 Å². The second-order valence-electron chi connectivity index (χ2n) is 6.89. The van der Waals surface area contributed by atoms with Gasteiger partial charge in [-0.25, -0.2) is 8.42 Å². The third-order valence-electron chi connectivity index (χ3n) is 5.01. The van der Waals surface area contributed by atoms with Gasteiger partial charge in [-0.15, -0.1) is 0 Å². The van der Waals surface area contributed by atoms with Crippen LogP contribution in [0.5, 0.6) is 0 Å². The van der Waals surface area contributed by atoms with Crippen LogP contribution in [0, 0.1) is 6.92 Å². The van der Waals surface area contributed by atoms with Crippen LogP contribution < -0.4 is 4.90 Å². The Morgan fingerprint density at radius 2 is 1.75 bits per heavy atom. The normalized spacial score (nSPS) is 15.4. The van der Waals surface area contributed by atoms with E-state index in [0.717, 1.165) is 11.3 Å². The number of nitrogens with zero attached hydrogens (tertiary/aromatic N) is 2. The quantitative estimate of drug-likeness (QED) is 0.771. The molecule has 7 heteroatoms. The van der Waals surface area contributed by atoms with E-state index in [1.165, 1.54) is 15.3 Å². The van der Waals surface area contributed by atoms with Gasteiger partial charge in [0.05, 0.1) is 18.1 Å². The van der Waals surface area contributed by atoms with E-state index in [1.807, 2.05) is 38.1 Å². The molecule has 28 heavy (non-hydrogen) atoms. The van der Waals surface area contributed by atoms with Crippen molar-refractivity contribution in [3.8, 4) is 0 Å². The van der Waals surface area contributed by atoms with Gasteiger partial charge in [-0.05, 0) is 43.2 Å². The minimum atomic E-state index is -3.67. The highest BCUT2D eigenvalue weighted by atomic mass is 32.2. The number of hydrogen-bond donors (Lipinski definition) is 0. The number of morpholine rings is 1. The van der Waals surface area contributed by atoms with E-state index in [0.29, 0.717) is 43.9 Å². The average molecular weight is 403 g/mol. The lowest BCUT2D eigenvalue weighted by atomic mass is 10.1. The summed E-state index contributed by atoms with van der Waals surface area (Å²) in [5, 5.41) is 0. The van der Waals surface area contributed by atoms with Gasteiger partial charge in [0.1, 0.15) is 0 Å². The van der Waals surface area contributed by atoms with Crippen molar-refractivity contribution in [1.82, 2.24) is 4.31 Å². The van der Waals surface area contributed by atoms with Crippen molar-refractivity contribution < 1.29 is 17.9 Å². The van der Waals surface area contributed by atoms with Crippen LogP contribution in [-0.4, -0.2) is 52.0 Å². The third-order valence-corrected chi connectivity index (χ3v) is 6.99. The zero-order valence-electron chi connectivity index (χ0n) is 16.5. The molecule has 1 aliphatic rings. The van der Waals surface area contributed by atoms with Crippen LogP contribution in [0.25, 0.3) is 0 Å². The van der Waals surface area contributed by atoms with Gasteiger partial charge in [0, 0.05) is 31.4 Å². The van der Waals surface area contributed by atoms with E-state index in [4.69, 9.17) is 4.74 Å². The third kappa shape index (κ3) is 4.11. The Morgan fingerprint density at radius 3 is 2.36 bits per heavy atom. The van der Waals surface area contributed by atoms with Crippen molar-refractivity contribution in [2.24, 2.45) is 0 Å². The first-order valence-corrected chi connectivity index (χ1v) is 10.8. The molecule has 0 saturated carbocycles. The fraction of sp³-hybridized carbons (Fsp3) is 0.381. The molecule has 1 aliphatic heterocycles. The molecule has 1 amide bonds. The molecule has 0 radical (unpaired) electrons. The largest absolute Gasteiger partial charge is 0.379 e. The minimum absolute atomic E-state index is 0.208. The first-order chi connectivity index (χ1) is 13.3. The highest BCUT2D eigenvalue weighted by Gasteiger charge is 2.29. The molecule has 2 aromatic rings. The number of carbonyl (C=O) groups excluding carboxylic acids is 1. The zero-order chi connectivity index (χ0) is 20.3. The lowest BCUT2D eigenvalue weighted by Crippen LogP contribution is -2.41. The number of anilines is 1. The second kappa shape index (κ2) is 8.43. The van der Waals surface area contributed by atoms with Crippen molar-refractivity contribution in [1.29, 1.82) is 0 Å². The highest BCUT2D eigenvalue weighted by molar-refractivity contribution is 7.89. The Morgan fingerprint density at radius 1 is 1.11 bits per heavy atom. The molecule has 0 N–H and O–H groups in total. The van der Waals surface area contributed by atoms with E-state index in [9.17, 15) is 13.2 Å². The predicted molar refractivity (Wildman–Crippen MR) is 109 cm³/mol. The minimum Gasteiger partial charge on any atom is -0.379 e. The Hall–Kier alpha value is -2.22. The first kappa shape index (κ1) is 20.5. The van der Waals surface area contributed by atoms with Crippen molar-refractivity contribution in [2.45, 2.75) is 25.2 Å². The Balaban J connectivity index is 1.96. The van der Waals surface area contributed by atoms with Crippen LogP contribution in [0.15, 0.2) is 47.4 Å². The fourth-order valence-corrected chi connectivity index (χ4v) is 4.95. The topological polar surface area (TPSA) is 66.9 Å². The lowest BCUT2D eigenvalue weighted by Gasteiger charge is -2.27. The SMILES string of the molecule is CCc1ccc(C(=O)N(C)c2ccc(C)cc2)cc1S(=O)(=O)N1CCOCC1. The Labute approximate surface area is 166 Å². The molecule has 1 saturated heterocycles. The molecular formula is C21H26N2O4S. The number of rotatable bonds is 5. The Kier molecular flexibility index (Phi) is 6.17. The molecule has 0 unspecified atom stereocenters. The molecule has 0 aromatic heterocycles. The van der Waals surface area contributed by atoms with E-state index in [2.05, 4.69) is 0 Å². The summed E-state index contributed by atoms with van der Waals surface area (Å²) in [4.78, 5) is 14.7.